The standard InChI is InChI=1S/C52H78O4/c1-7-8-9-10-11-13-35-54-43-24-19-40(20-25-43)41-21-26-44(27-22-41)55-36-14-12-18-50(53)56-45-31-33-51(5)42(37-45)23-28-46-48-30-29-47(39(4)17-15-16-38(2)3)52(48,6)34-32-49(46)51/h19-27,38-39,45-49H,7-18,28-37H2,1-6H3/t39-,45+,46+,47-,48+,49+,51+,52-/m1/s1. The van der Waals surface area contributed by atoms with Gasteiger partial charge in [-0.3, -0.25) is 4.79 Å². The maximum atomic E-state index is 13.0. The molecule has 4 heteroatoms. The molecule has 4 aliphatic rings. The molecule has 0 amide bonds. The fourth-order valence-electron chi connectivity index (χ4n) is 12.1. The van der Waals surface area contributed by atoms with Crippen LogP contribution in [-0.4, -0.2) is 25.3 Å². The third-order valence-electron chi connectivity index (χ3n) is 15.4. The summed E-state index contributed by atoms with van der Waals surface area (Å²) in [6.45, 7) is 16.2. The van der Waals surface area contributed by atoms with E-state index in [2.05, 4.69) is 84.0 Å². The van der Waals surface area contributed by atoms with E-state index in [1.807, 2.05) is 12.1 Å². The number of carbonyl (C=O) groups is 1. The number of carbonyl (C=O) groups excluding carboxylic acids is 1. The van der Waals surface area contributed by atoms with Gasteiger partial charge in [-0.2, -0.15) is 0 Å². The van der Waals surface area contributed by atoms with Crippen molar-refractivity contribution in [3.8, 4) is 22.6 Å². The molecule has 0 unspecified atom stereocenters. The van der Waals surface area contributed by atoms with Crippen LogP contribution in [0.5, 0.6) is 11.5 Å². The average molecular weight is 767 g/mol. The molecule has 3 saturated carbocycles. The Bertz CT molecular complexity index is 1520. The summed E-state index contributed by atoms with van der Waals surface area (Å²) in [4.78, 5) is 13.0. The molecule has 4 aliphatic carbocycles. The molecular weight excluding hydrogens is 689 g/mol. The van der Waals surface area contributed by atoms with Gasteiger partial charge in [0.25, 0.3) is 0 Å². The van der Waals surface area contributed by atoms with Crippen molar-refractivity contribution >= 4 is 5.97 Å². The molecule has 0 spiro atoms. The van der Waals surface area contributed by atoms with E-state index in [9.17, 15) is 4.79 Å². The van der Waals surface area contributed by atoms with Crippen molar-refractivity contribution in [2.24, 2.45) is 46.3 Å². The molecule has 0 aliphatic heterocycles. The van der Waals surface area contributed by atoms with E-state index in [4.69, 9.17) is 14.2 Å². The highest BCUT2D eigenvalue weighted by Gasteiger charge is 2.59. The number of rotatable bonds is 21. The summed E-state index contributed by atoms with van der Waals surface area (Å²) in [5.41, 5.74) is 4.75. The van der Waals surface area contributed by atoms with Crippen LogP contribution in [0.25, 0.3) is 11.1 Å². The lowest BCUT2D eigenvalue weighted by Crippen LogP contribution is -2.51. The first-order chi connectivity index (χ1) is 27.1. The Hall–Kier alpha value is -2.75. The predicted molar refractivity (Wildman–Crippen MR) is 233 cm³/mol. The lowest BCUT2D eigenvalue weighted by Gasteiger charge is -2.58. The van der Waals surface area contributed by atoms with Crippen molar-refractivity contribution in [3.05, 3.63) is 60.2 Å². The summed E-state index contributed by atoms with van der Waals surface area (Å²) < 4.78 is 18.1. The van der Waals surface area contributed by atoms with Crippen molar-refractivity contribution in [1.82, 2.24) is 0 Å². The number of fused-ring (bicyclic) bond motifs is 5. The molecule has 0 bridgehead atoms. The second-order valence-corrected chi connectivity index (χ2v) is 19.6. The highest BCUT2D eigenvalue weighted by Crippen LogP contribution is 2.67. The van der Waals surface area contributed by atoms with Crippen molar-refractivity contribution in [2.45, 2.75) is 176 Å². The highest BCUT2D eigenvalue weighted by atomic mass is 16.5. The minimum Gasteiger partial charge on any atom is -0.494 e. The monoisotopic (exact) mass is 767 g/mol. The lowest BCUT2D eigenvalue weighted by molar-refractivity contribution is -0.151. The van der Waals surface area contributed by atoms with Crippen LogP contribution >= 0.6 is 0 Å². The summed E-state index contributed by atoms with van der Waals surface area (Å²) in [6.07, 6.45) is 26.7. The summed E-state index contributed by atoms with van der Waals surface area (Å²) in [6, 6.07) is 16.7. The first kappa shape index (κ1) is 42.8. The zero-order valence-electron chi connectivity index (χ0n) is 36.4. The van der Waals surface area contributed by atoms with Gasteiger partial charge < -0.3 is 14.2 Å². The Balaban J connectivity index is 0.878. The zero-order valence-corrected chi connectivity index (χ0v) is 36.4. The first-order valence-electron chi connectivity index (χ1n) is 23.5. The number of unbranched alkanes of at least 4 members (excludes halogenated alkanes) is 6. The second-order valence-electron chi connectivity index (χ2n) is 19.6. The van der Waals surface area contributed by atoms with Gasteiger partial charge in [0.2, 0.25) is 0 Å². The van der Waals surface area contributed by atoms with Gasteiger partial charge >= 0.3 is 5.97 Å². The summed E-state index contributed by atoms with van der Waals surface area (Å²) >= 11 is 0. The molecule has 2 aromatic carbocycles. The topological polar surface area (TPSA) is 44.8 Å². The Morgan fingerprint density at radius 3 is 2.02 bits per heavy atom. The molecule has 56 heavy (non-hydrogen) atoms. The molecule has 4 nitrogen and oxygen atoms in total. The van der Waals surface area contributed by atoms with Gasteiger partial charge in [0.05, 0.1) is 13.2 Å². The van der Waals surface area contributed by atoms with Crippen molar-refractivity contribution < 1.29 is 19.0 Å². The number of allylic oxidation sites excluding steroid dienone is 1. The Morgan fingerprint density at radius 1 is 0.714 bits per heavy atom. The third-order valence-corrected chi connectivity index (χ3v) is 15.4. The van der Waals surface area contributed by atoms with Gasteiger partial charge in [0.1, 0.15) is 17.6 Å². The lowest BCUT2D eigenvalue weighted by atomic mass is 9.47. The number of esters is 1. The van der Waals surface area contributed by atoms with Crippen molar-refractivity contribution in [1.29, 1.82) is 0 Å². The van der Waals surface area contributed by atoms with Gasteiger partial charge in [-0.25, -0.2) is 0 Å². The molecule has 3 fully saturated rings. The number of ether oxygens (including phenoxy) is 3. The first-order valence-corrected chi connectivity index (χ1v) is 23.5. The fourth-order valence-corrected chi connectivity index (χ4v) is 12.1. The number of hydrogen-bond donors (Lipinski definition) is 0. The van der Waals surface area contributed by atoms with E-state index in [1.54, 1.807) is 5.57 Å². The summed E-state index contributed by atoms with van der Waals surface area (Å²) in [5, 5.41) is 0. The van der Waals surface area contributed by atoms with Crippen LogP contribution in [0.3, 0.4) is 0 Å². The van der Waals surface area contributed by atoms with Gasteiger partial charge in [-0.15, -0.1) is 0 Å². The maximum absolute atomic E-state index is 13.0. The van der Waals surface area contributed by atoms with Crippen LogP contribution < -0.4 is 9.47 Å². The normalized spacial score (nSPS) is 28.8. The van der Waals surface area contributed by atoms with E-state index in [1.165, 1.54) is 95.5 Å². The van der Waals surface area contributed by atoms with E-state index >= 15 is 0 Å². The third kappa shape index (κ3) is 10.6. The van der Waals surface area contributed by atoms with Gasteiger partial charge in [0, 0.05) is 12.8 Å². The SMILES string of the molecule is CCCCCCCCOc1ccc(-c2ccc(OCCCCC(=O)O[C@H]3CC[C@@]4(C)C(=CC[C@H]5[C@@H]6CC[C@H]([C@H](C)CCCC(C)C)[C@@]6(C)CC[C@@H]54)C3)cc2)cc1. The molecule has 0 aromatic heterocycles. The molecule has 6 rings (SSSR count). The van der Waals surface area contributed by atoms with Gasteiger partial charge in [-0.1, -0.05) is 129 Å². The molecule has 0 radical (unpaired) electrons. The van der Waals surface area contributed by atoms with Crippen LogP contribution in [0.15, 0.2) is 60.2 Å². The molecule has 0 saturated heterocycles. The smallest absolute Gasteiger partial charge is 0.306 e. The molecule has 8 atom stereocenters. The maximum Gasteiger partial charge on any atom is 0.306 e. The quantitative estimate of drug-likeness (QED) is 0.0721. The van der Waals surface area contributed by atoms with E-state index < -0.39 is 0 Å². The Labute approximate surface area is 342 Å². The van der Waals surface area contributed by atoms with Crippen molar-refractivity contribution in [2.75, 3.05) is 13.2 Å². The second kappa shape index (κ2) is 20.3. The molecule has 0 N–H and O–H groups in total. The van der Waals surface area contributed by atoms with Gasteiger partial charge in [0.15, 0.2) is 0 Å². The Morgan fingerprint density at radius 2 is 1.36 bits per heavy atom. The predicted octanol–water partition coefficient (Wildman–Crippen LogP) is 14.6. The van der Waals surface area contributed by atoms with Crippen LogP contribution in [0.4, 0.5) is 0 Å². The van der Waals surface area contributed by atoms with E-state index in [0.717, 1.165) is 91.3 Å². The fraction of sp³-hybridized carbons (Fsp3) is 0.712. The van der Waals surface area contributed by atoms with Crippen LogP contribution in [-0.2, 0) is 9.53 Å². The molecule has 0 heterocycles. The molecular formula is C52H78O4. The highest BCUT2D eigenvalue weighted by molar-refractivity contribution is 5.69. The molecule has 310 valence electrons. The minimum absolute atomic E-state index is 0.0380. The van der Waals surface area contributed by atoms with Crippen molar-refractivity contribution in [3.63, 3.8) is 0 Å². The van der Waals surface area contributed by atoms with Crippen LogP contribution in [0.2, 0.25) is 0 Å². The number of hydrogen-bond acceptors (Lipinski definition) is 4. The number of benzene rings is 2. The summed E-state index contributed by atoms with van der Waals surface area (Å²) in [7, 11) is 0. The van der Waals surface area contributed by atoms with Crippen LogP contribution in [0.1, 0.15) is 170 Å². The van der Waals surface area contributed by atoms with Crippen LogP contribution in [0, 0.1) is 46.3 Å². The minimum atomic E-state index is -0.0380. The average Bonchev–Trinajstić information content (AvgIpc) is 3.55. The van der Waals surface area contributed by atoms with E-state index in [-0.39, 0.29) is 17.5 Å². The molecule has 2 aromatic rings. The Kier molecular flexibility index (Phi) is 15.5. The van der Waals surface area contributed by atoms with E-state index in [0.29, 0.717) is 18.4 Å². The largest absolute Gasteiger partial charge is 0.494 e. The van der Waals surface area contributed by atoms with Gasteiger partial charge in [-0.05, 0) is 146 Å². The summed E-state index contributed by atoms with van der Waals surface area (Å²) in [5.74, 6) is 6.88. The zero-order chi connectivity index (χ0) is 39.5.